The molecule has 0 aromatic carbocycles. The average molecular weight is 400 g/mol. The number of hydrogen-bond acceptors (Lipinski definition) is 8. The third-order valence-electron chi connectivity index (χ3n) is 4.61. The van der Waals surface area contributed by atoms with Gasteiger partial charge in [-0.15, -0.1) is 0 Å². The van der Waals surface area contributed by atoms with E-state index < -0.39 is 36.6 Å². The van der Waals surface area contributed by atoms with E-state index in [1.54, 1.807) is 0 Å². The number of rotatable bonds is 7. The molecule has 1 aliphatic heterocycles. The van der Waals surface area contributed by atoms with Gasteiger partial charge < -0.3 is 31.5 Å². The molecular weight excluding hydrogens is 376 g/mol. The maximum atomic E-state index is 10.9. The Morgan fingerprint density at radius 3 is 2.85 bits per heavy atom. The monoisotopic (exact) mass is 400 g/mol. The molecule has 0 amide bonds. The maximum absolute atomic E-state index is 10.9. The minimum Gasteiger partial charge on any atom is -0.477 e. The lowest BCUT2D eigenvalue weighted by molar-refractivity contribution is -0.407. The molecule has 6 unspecified atom stereocenters. The number of nitrogen functional groups attached to an aromatic ring is 1. The van der Waals surface area contributed by atoms with E-state index in [0.717, 1.165) is 0 Å². The molecule has 0 saturated carbocycles. The molecule has 0 radical (unpaired) electrons. The van der Waals surface area contributed by atoms with Crippen LogP contribution in [0.4, 0.5) is 5.82 Å². The third kappa shape index (κ3) is 3.99. The van der Waals surface area contributed by atoms with Crippen LogP contribution in [0.25, 0.3) is 11.2 Å². The van der Waals surface area contributed by atoms with Crippen molar-refractivity contribution in [2.45, 2.75) is 37.0 Å². The van der Waals surface area contributed by atoms with E-state index in [1.807, 2.05) is 6.26 Å². The number of nitrogens with two attached hydrogens (primary N) is 1. The van der Waals surface area contributed by atoms with Crippen molar-refractivity contribution in [1.29, 1.82) is 0 Å². The van der Waals surface area contributed by atoms with Crippen molar-refractivity contribution in [3.8, 4) is 0 Å². The first kappa shape index (κ1) is 19.8. The number of aliphatic hydroxyl groups excluding tert-OH is 2. The Labute approximate surface area is 157 Å². The first-order chi connectivity index (χ1) is 12.8. The molecule has 0 aliphatic carbocycles. The van der Waals surface area contributed by atoms with Crippen molar-refractivity contribution in [2.24, 2.45) is 0 Å². The van der Waals surface area contributed by atoms with E-state index in [0.29, 0.717) is 29.1 Å². The summed E-state index contributed by atoms with van der Waals surface area (Å²) in [6.07, 6.45) is 1.52. The fourth-order valence-electron chi connectivity index (χ4n) is 2.98. The highest BCUT2D eigenvalue weighted by Gasteiger charge is 2.46. The summed E-state index contributed by atoms with van der Waals surface area (Å²) >= 11 is 0. The van der Waals surface area contributed by atoms with E-state index >= 15 is 0 Å². The van der Waals surface area contributed by atoms with E-state index in [1.165, 1.54) is 17.2 Å². The molecule has 1 fully saturated rings. The lowest BCUT2D eigenvalue weighted by atomic mass is 10.1. The van der Waals surface area contributed by atoms with Gasteiger partial charge in [0.15, 0.2) is 23.7 Å². The molecule has 27 heavy (non-hydrogen) atoms. The van der Waals surface area contributed by atoms with Crippen molar-refractivity contribution in [3.05, 3.63) is 12.7 Å². The average Bonchev–Trinajstić information content (AvgIpc) is 3.17. The van der Waals surface area contributed by atoms with Crippen LogP contribution >= 0.6 is 0 Å². The Hall–Kier alpha value is -1.99. The molecule has 3 rings (SSSR count). The smallest absolute Gasteiger partial charge is 0.362 e. The number of nitrogens with zero attached hydrogens (tertiary/aromatic N) is 4. The van der Waals surface area contributed by atoms with Crippen molar-refractivity contribution < 1.29 is 30.6 Å². The van der Waals surface area contributed by atoms with E-state index in [9.17, 15) is 15.0 Å². The number of fused-ring (bicyclic) bond motifs is 1. The summed E-state index contributed by atoms with van der Waals surface area (Å²) in [6, 6.07) is -0.657. The molecule has 6 atom stereocenters. The fraction of sp³-hybridized carbons (Fsp3) is 0.600. The molecule has 8 N–H and O–H groups in total. The maximum Gasteiger partial charge on any atom is 0.362 e. The number of aliphatic hydroxyl groups is 2. The van der Waals surface area contributed by atoms with Gasteiger partial charge in [0.05, 0.1) is 19.0 Å². The Kier molecular flexibility index (Phi) is 5.81. The van der Waals surface area contributed by atoms with Gasteiger partial charge in [-0.25, -0.2) is 19.7 Å². The van der Waals surface area contributed by atoms with Crippen molar-refractivity contribution in [3.63, 3.8) is 0 Å². The fourth-order valence-corrected chi connectivity index (χ4v) is 4.67. The SMILES string of the molecule is C[S+](CCC([NH3+])C(=O)O)CC1OC(n2cnc3c(N)ncnc32)C(O)C1O. The summed E-state index contributed by atoms with van der Waals surface area (Å²) in [6.45, 7) is 0. The van der Waals surface area contributed by atoms with Crippen LogP contribution in [-0.4, -0.2) is 82.9 Å². The van der Waals surface area contributed by atoms with Gasteiger partial charge in [-0.05, 0) is 10.9 Å². The number of hydrogen-bond donors (Lipinski definition) is 5. The van der Waals surface area contributed by atoms with Gasteiger partial charge in [0.25, 0.3) is 0 Å². The largest absolute Gasteiger partial charge is 0.477 e. The molecular formula is C15H24N6O5S+2. The number of ether oxygens (including phenoxy) is 1. The molecule has 2 aromatic heterocycles. The number of quaternary nitrogens is 1. The zero-order chi connectivity index (χ0) is 19.7. The summed E-state index contributed by atoms with van der Waals surface area (Å²) in [5.74, 6) is 0.462. The normalized spacial score (nSPS) is 27.7. The van der Waals surface area contributed by atoms with Gasteiger partial charge in [-0.1, -0.05) is 0 Å². The van der Waals surface area contributed by atoms with Crippen LogP contribution in [0, 0.1) is 0 Å². The first-order valence-electron chi connectivity index (χ1n) is 8.39. The predicted octanol–water partition coefficient (Wildman–Crippen LogP) is -2.64. The second-order valence-electron chi connectivity index (χ2n) is 6.61. The van der Waals surface area contributed by atoms with Crippen molar-refractivity contribution in [2.75, 3.05) is 23.5 Å². The Bertz CT molecular complexity index is 819. The summed E-state index contributed by atoms with van der Waals surface area (Å²) in [7, 11) is -0.195. The number of aliphatic carboxylic acids is 1. The molecule has 0 bridgehead atoms. The molecule has 12 heteroatoms. The standard InChI is InChI=1S/C15H22N6O5S/c1-27(3-2-7(16)15(24)25)4-8-10(22)11(23)14(26-8)21-6-20-9-12(17)18-5-19-13(9)21/h5-8,10-11,14,22-23H,2-4,16H2,1H3,(H2-,17,18,19,24,25)/p+2. The van der Waals surface area contributed by atoms with Crippen LogP contribution in [0.1, 0.15) is 12.6 Å². The Balaban J connectivity index is 1.68. The van der Waals surface area contributed by atoms with Crippen LogP contribution in [0.3, 0.4) is 0 Å². The molecule has 11 nitrogen and oxygen atoms in total. The van der Waals surface area contributed by atoms with Gasteiger partial charge in [0.1, 0.15) is 41.7 Å². The predicted molar refractivity (Wildman–Crippen MR) is 97.6 cm³/mol. The van der Waals surface area contributed by atoms with E-state index in [4.69, 9.17) is 15.6 Å². The van der Waals surface area contributed by atoms with Gasteiger partial charge in [-0.2, -0.15) is 0 Å². The van der Waals surface area contributed by atoms with Crippen LogP contribution in [-0.2, 0) is 20.4 Å². The number of imidazole rings is 1. The Morgan fingerprint density at radius 2 is 2.15 bits per heavy atom. The van der Waals surface area contributed by atoms with Crippen LogP contribution in [0.5, 0.6) is 0 Å². The third-order valence-corrected chi connectivity index (χ3v) is 6.44. The molecule has 0 spiro atoms. The highest BCUT2D eigenvalue weighted by molar-refractivity contribution is 7.96. The number of anilines is 1. The van der Waals surface area contributed by atoms with Crippen LogP contribution in [0.2, 0.25) is 0 Å². The van der Waals surface area contributed by atoms with Gasteiger partial charge >= 0.3 is 5.97 Å². The molecule has 1 saturated heterocycles. The lowest BCUT2D eigenvalue weighted by Gasteiger charge is -2.16. The zero-order valence-corrected chi connectivity index (χ0v) is 15.6. The molecule has 3 heterocycles. The highest BCUT2D eigenvalue weighted by atomic mass is 32.2. The summed E-state index contributed by atoms with van der Waals surface area (Å²) in [4.78, 5) is 23.0. The number of carboxylic acids is 1. The number of carboxylic acid groups (broad SMARTS) is 1. The number of carbonyl (C=O) groups is 1. The zero-order valence-electron chi connectivity index (χ0n) is 14.8. The molecule has 1 aliphatic rings. The van der Waals surface area contributed by atoms with Gasteiger partial charge in [0.2, 0.25) is 0 Å². The quantitative estimate of drug-likeness (QED) is 0.310. The van der Waals surface area contributed by atoms with Gasteiger partial charge in [-0.3, -0.25) is 4.57 Å². The minimum atomic E-state index is -1.15. The lowest BCUT2D eigenvalue weighted by Crippen LogP contribution is -2.65. The van der Waals surface area contributed by atoms with Crippen LogP contribution < -0.4 is 11.5 Å². The van der Waals surface area contributed by atoms with E-state index in [-0.39, 0.29) is 16.7 Å². The molecule has 2 aromatic rings. The highest BCUT2D eigenvalue weighted by Crippen LogP contribution is 2.32. The van der Waals surface area contributed by atoms with Crippen LogP contribution in [0.15, 0.2) is 12.7 Å². The van der Waals surface area contributed by atoms with Crippen molar-refractivity contribution >= 4 is 33.8 Å². The van der Waals surface area contributed by atoms with Gasteiger partial charge in [0, 0.05) is 0 Å². The Morgan fingerprint density at radius 1 is 1.41 bits per heavy atom. The summed E-state index contributed by atoms with van der Waals surface area (Å²) in [5.41, 5.74) is 10.2. The molecule has 148 valence electrons. The van der Waals surface area contributed by atoms with E-state index in [2.05, 4.69) is 20.7 Å². The van der Waals surface area contributed by atoms with Crippen molar-refractivity contribution in [1.82, 2.24) is 19.5 Å². The second kappa shape index (κ2) is 7.94. The summed E-state index contributed by atoms with van der Waals surface area (Å²) < 4.78 is 7.43. The minimum absolute atomic E-state index is 0.195. The second-order valence-corrected chi connectivity index (χ2v) is 8.91. The topological polar surface area (TPSA) is 184 Å². The first-order valence-corrected chi connectivity index (χ1v) is 10.4. The summed E-state index contributed by atoms with van der Waals surface area (Å²) in [5, 5.41) is 29.8. The number of aromatic nitrogens is 4.